The molecular formula is C17H17F2N3OS. The molecule has 0 aromatic heterocycles. The van der Waals surface area contributed by atoms with Gasteiger partial charge in [0.05, 0.1) is 11.4 Å². The summed E-state index contributed by atoms with van der Waals surface area (Å²) in [6.45, 7) is 2.66. The van der Waals surface area contributed by atoms with Crippen LogP contribution in [0.5, 0.6) is 5.75 Å². The van der Waals surface area contributed by atoms with Gasteiger partial charge >= 0.3 is 0 Å². The molecule has 0 amide bonds. The first kappa shape index (κ1) is 16.4. The highest BCUT2D eigenvalue weighted by Crippen LogP contribution is 2.27. The minimum atomic E-state index is -0.676. The molecule has 0 bridgehead atoms. The van der Waals surface area contributed by atoms with Gasteiger partial charge in [-0.25, -0.2) is 8.78 Å². The number of phenols is 1. The van der Waals surface area contributed by atoms with Crippen molar-refractivity contribution in [1.29, 1.82) is 0 Å². The van der Waals surface area contributed by atoms with Gasteiger partial charge in [0.15, 0.2) is 5.11 Å². The first-order chi connectivity index (χ1) is 11.5. The Kier molecular flexibility index (Phi) is 4.80. The van der Waals surface area contributed by atoms with E-state index in [1.54, 1.807) is 12.1 Å². The van der Waals surface area contributed by atoms with Gasteiger partial charge in [-0.3, -0.25) is 0 Å². The van der Waals surface area contributed by atoms with Crippen molar-refractivity contribution < 1.29 is 13.9 Å². The summed E-state index contributed by atoms with van der Waals surface area (Å²) in [6.07, 6.45) is 0. The number of hydrogen-bond donors (Lipinski definition) is 2. The molecule has 1 fully saturated rings. The van der Waals surface area contributed by atoms with Crippen LogP contribution in [0.2, 0.25) is 0 Å². The summed E-state index contributed by atoms with van der Waals surface area (Å²) in [6, 6.07) is 10.5. The maximum atomic E-state index is 13.7. The molecule has 4 nitrogen and oxygen atoms in total. The van der Waals surface area contributed by atoms with Gasteiger partial charge in [0.2, 0.25) is 0 Å². The average Bonchev–Trinajstić information content (AvgIpc) is 2.58. The van der Waals surface area contributed by atoms with E-state index in [4.69, 9.17) is 12.2 Å². The number of nitrogens with one attached hydrogen (secondary N) is 1. The van der Waals surface area contributed by atoms with Crippen molar-refractivity contribution in [3.8, 4) is 5.75 Å². The third-order valence-corrected chi connectivity index (χ3v) is 4.32. The topological polar surface area (TPSA) is 38.7 Å². The van der Waals surface area contributed by atoms with Gasteiger partial charge in [-0.05, 0) is 36.5 Å². The van der Waals surface area contributed by atoms with Crippen LogP contribution in [0.1, 0.15) is 0 Å². The van der Waals surface area contributed by atoms with E-state index in [2.05, 4.69) is 10.2 Å². The van der Waals surface area contributed by atoms with Gasteiger partial charge in [-0.2, -0.15) is 0 Å². The van der Waals surface area contributed by atoms with Crippen LogP contribution in [0.3, 0.4) is 0 Å². The highest BCUT2D eigenvalue weighted by molar-refractivity contribution is 7.80. The number of benzene rings is 2. The predicted octanol–water partition coefficient (Wildman–Crippen LogP) is 3.19. The minimum Gasteiger partial charge on any atom is -0.506 e. The van der Waals surface area contributed by atoms with Crippen LogP contribution < -0.4 is 10.2 Å². The van der Waals surface area contributed by atoms with Crippen molar-refractivity contribution in [2.24, 2.45) is 0 Å². The van der Waals surface area contributed by atoms with Crippen molar-refractivity contribution >= 4 is 28.7 Å². The first-order valence-corrected chi connectivity index (χ1v) is 7.99. The second-order valence-electron chi connectivity index (χ2n) is 5.52. The number of phenolic OH excluding ortho intramolecular Hbond substituents is 1. The lowest BCUT2D eigenvalue weighted by Gasteiger charge is -2.37. The number of nitrogens with zero attached hydrogens (tertiary/aromatic N) is 2. The first-order valence-electron chi connectivity index (χ1n) is 7.58. The number of anilines is 2. The fourth-order valence-electron chi connectivity index (χ4n) is 2.67. The van der Waals surface area contributed by atoms with Gasteiger partial charge in [0.25, 0.3) is 0 Å². The van der Waals surface area contributed by atoms with Gasteiger partial charge in [0.1, 0.15) is 17.4 Å². The van der Waals surface area contributed by atoms with Crippen LogP contribution in [0.4, 0.5) is 20.2 Å². The molecule has 3 rings (SSSR count). The molecule has 0 saturated carbocycles. The van der Waals surface area contributed by atoms with Gasteiger partial charge < -0.3 is 20.2 Å². The smallest absolute Gasteiger partial charge is 0.173 e. The van der Waals surface area contributed by atoms with Gasteiger partial charge in [0, 0.05) is 32.2 Å². The Labute approximate surface area is 144 Å². The Morgan fingerprint density at radius 2 is 1.75 bits per heavy atom. The summed E-state index contributed by atoms with van der Waals surface area (Å²) in [5.74, 6) is -1.05. The second kappa shape index (κ2) is 7.00. The Bertz CT molecular complexity index is 748. The molecule has 0 aliphatic carbocycles. The number of thiocarbonyl (C=S) groups is 1. The lowest BCUT2D eigenvalue weighted by Crippen LogP contribution is -2.50. The van der Waals surface area contributed by atoms with E-state index in [0.717, 1.165) is 11.8 Å². The Hall–Kier alpha value is -2.41. The molecule has 2 aromatic carbocycles. The second-order valence-corrected chi connectivity index (χ2v) is 5.90. The van der Waals surface area contributed by atoms with Crippen LogP contribution in [-0.4, -0.2) is 41.3 Å². The molecule has 0 radical (unpaired) electrons. The van der Waals surface area contributed by atoms with Crippen molar-refractivity contribution in [2.45, 2.75) is 0 Å². The van der Waals surface area contributed by atoms with E-state index in [1.807, 2.05) is 17.0 Å². The Balaban J connectivity index is 1.60. The lowest BCUT2D eigenvalue weighted by molar-refractivity contribution is 0.387. The molecule has 1 saturated heterocycles. The summed E-state index contributed by atoms with van der Waals surface area (Å²) >= 11 is 5.32. The molecular weight excluding hydrogens is 332 g/mol. The number of aromatic hydroxyl groups is 1. The molecule has 126 valence electrons. The van der Waals surface area contributed by atoms with Gasteiger partial charge in [-0.15, -0.1) is 0 Å². The number of halogens is 2. The molecule has 0 spiro atoms. The molecule has 1 heterocycles. The van der Waals surface area contributed by atoms with Crippen LogP contribution in [0, 0.1) is 11.6 Å². The van der Waals surface area contributed by atoms with E-state index in [-0.39, 0.29) is 11.4 Å². The van der Waals surface area contributed by atoms with Crippen molar-refractivity contribution in [2.75, 3.05) is 36.4 Å². The molecule has 7 heteroatoms. The zero-order valence-electron chi connectivity index (χ0n) is 12.9. The third-order valence-electron chi connectivity index (χ3n) is 3.96. The number of para-hydroxylation sites is 2. The number of rotatable bonds is 2. The standard InChI is InChI=1S/C17H17F2N3OS/c18-12-5-6-14(13(19)11-12)20-17(24)22-9-7-21(8-10-22)15-3-1-2-4-16(15)23/h1-6,11,23H,7-10H2,(H,20,24). The molecule has 1 aliphatic rings. The van der Waals surface area contributed by atoms with E-state index in [9.17, 15) is 13.9 Å². The highest BCUT2D eigenvalue weighted by Gasteiger charge is 2.21. The summed E-state index contributed by atoms with van der Waals surface area (Å²) in [4.78, 5) is 4.00. The average molecular weight is 349 g/mol. The molecule has 0 atom stereocenters. The van der Waals surface area contributed by atoms with E-state index >= 15 is 0 Å². The molecule has 2 N–H and O–H groups in total. The number of piperazine rings is 1. The van der Waals surface area contributed by atoms with E-state index in [1.165, 1.54) is 12.1 Å². The summed E-state index contributed by atoms with van der Waals surface area (Å²) < 4.78 is 26.6. The predicted molar refractivity (Wildman–Crippen MR) is 94.5 cm³/mol. The normalized spacial score (nSPS) is 14.6. The van der Waals surface area contributed by atoms with Crippen molar-refractivity contribution in [3.63, 3.8) is 0 Å². The Morgan fingerprint density at radius 1 is 1.04 bits per heavy atom. The van der Waals surface area contributed by atoms with Crippen LogP contribution in [0.15, 0.2) is 42.5 Å². The summed E-state index contributed by atoms with van der Waals surface area (Å²) in [5.41, 5.74) is 0.949. The zero-order valence-corrected chi connectivity index (χ0v) is 13.7. The van der Waals surface area contributed by atoms with Crippen molar-refractivity contribution in [3.05, 3.63) is 54.1 Å². The largest absolute Gasteiger partial charge is 0.506 e. The fourth-order valence-corrected chi connectivity index (χ4v) is 2.96. The maximum absolute atomic E-state index is 13.7. The fraction of sp³-hybridized carbons (Fsp3) is 0.235. The molecule has 2 aromatic rings. The van der Waals surface area contributed by atoms with E-state index in [0.29, 0.717) is 31.3 Å². The molecule has 0 unspecified atom stereocenters. The van der Waals surface area contributed by atoms with Crippen LogP contribution in [0.25, 0.3) is 0 Å². The van der Waals surface area contributed by atoms with Crippen LogP contribution >= 0.6 is 12.2 Å². The zero-order chi connectivity index (χ0) is 17.1. The Morgan fingerprint density at radius 3 is 2.42 bits per heavy atom. The minimum absolute atomic E-state index is 0.157. The maximum Gasteiger partial charge on any atom is 0.173 e. The van der Waals surface area contributed by atoms with E-state index < -0.39 is 11.6 Å². The summed E-state index contributed by atoms with van der Waals surface area (Å²) in [7, 11) is 0. The van der Waals surface area contributed by atoms with Crippen molar-refractivity contribution in [1.82, 2.24) is 4.90 Å². The lowest BCUT2D eigenvalue weighted by atomic mass is 10.2. The van der Waals surface area contributed by atoms with Gasteiger partial charge in [-0.1, -0.05) is 12.1 Å². The monoisotopic (exact) mass is 349 g/mol. The number of hydrogen-bond acceptors (Lipinski definition) is 3. The quantitative estimate of drug-likeness (QED) is 0.815. The molecule has 24 heavy (non-hydrogen) atoms. The van der Waals surface area contributed by atoms with Crippen LogP contribution in [-0.2, 0) is 0 Å². The highest BCUT2D eigenvalue weighted by atomic mass is 32.1. The third kappa shape index (κ3) is 3.56. The molecule has 1 aliphatic heterocycles. The summed E-state index contributed by atoms with van der Waals surface area (Å²) in [5, 5.41) is 13.1. The SMILES string of the molecule is Oc1ccccc1N1CCN(C(=S)Nc2ccc(F)cc2F)CC1.